The summed E-state index contributed by atoms with van der Waals surface area (Å²) < 4.78 is 35.0. The molecule has 0 heterocycles. The number of halogens is 2. The Labute approximate surface area is 187 Å². The Bertz CT molecular complexity index is 903. The predicted octanol–water partition coefficient (Wildman–Crippen LogP) is 3.64. The zero-order chi connectivity index (χ0) is 23.5. The molecule has 9 heteroatoms. The average Bonchev–Trinajstić information content (AvgIpc) is 2.77. The third-order valence-corrected chi connectivity index (χ3v) is 4.36. The number of rotatable bonds is 10. The maximum Gasteiger partial charge on any atom is 0.387 e. The summed E-state index contributed by atoms with van der Waals surface area (Å²) in [7, 11) is 3.43. The molecular weight excluding hydrogens is 418 g/mol. The van der Waals surface area contributed by atoms with E-state index in [0.29, 0.717) is 37.8 Å². The van der Waals surface area contributed by atoms with E-state index in [-0.39, 0.29) is 17.4 Å². The van der Waals surface area contributed by atoms with Gasteiger partial charge in [-0.25, -0.2) is 4.99 Å². The van der Waals surface area contributed by atoms with Gasteiger partial charge in [-0.3, -0.25) is 4.79 Å². The quantitative estimate of drug-likeness (QED) is 0.429. The fraction of sp³-hybridized carbons (Fsp3) is 0.391. The first kappa shape index (κ1) is 24.9. The number of carbonyl (C=O) groups is 1. The maximum absolute atomic E-state index is 12.6. The number of nitrogens with one attached hydrogen (secondary N) is 2. The minimum atomic E-state index is -2.92. The van der Waals surface area contributed by atoms with Crippen LogP contribution in [-0.4, -0.2) is 50.6 Å². The molecule has 2 aromatic carbocycles. The molecule has 0 radical (unpaired) electrons. The summed E-state index contributed by atoms with van der Waals surface area (Å²) in [5.74, 6) is 0.809. The molecule has 0 aliphatic carbocycles. The Morgan fingerprint density at radius 2 is 1.72 bits per heavy atom. The highest BCUT2D eigenvalue weighted by Gasteiger charge is 2.12. The van der Waals surface area contributed by atoms with Crippen LogP contribution in [-0.2, 0) is 13.1 Å². The second-order valence-corrected chi connectivity index (χ2v) is 7.04. The molecule has 0 atom stereocenters. The van der Waals surface area contributed by atoms with E-state index < -0.39 is 6.61 Å². The smallest absolute Gasteiger partial charge is 0.387 e. The van der Waals surface area contributed by atoms with Gasteiger partial charge < -0.3 is 25.0 Å². The first-order chi connectivity index (χ1) is 15.3. The topological polar surface area (TPSA) is 75.2 Å². The van der Waals surface area contributed by atoms with E-state index in [1.54, 1.807) is 45.3 Å². The van der Waals surface area contributed by atoms with Gasteiger partial charge in [0.15, 0.2) is 17.5 Å². The van der Waals surface area contributed by atoms with Crippen LogP contribution in [0, 0.1) is 0 Å². The van der Waals surface area contributed by atoms with E-state index in [0.717, 1.165) is 11.1 Å². The molecule has 7 nitrogen and oxygen atoms in total. The van der Waals surface area contributed by atoms with Crippen LogP contribution in [0.4, 0.5) is 8.78 Å². The van der Waals surface area contributed by atoms with E-state index in [2.05, 4.69) is 20.4 Å². The van der Waals surface area contributed by atoms with Gasteiger partial charge in [0, 0.05) is 32.7 Å². The molecule has 0 fully saturated rings. The average molecular weight is 449 g/mol. The van der Waals surface area contributed by atoms with Crippen LogP contribution in [0.2, 0.25) is 0 Å². The second-order valence-electron chi connectivity index (χ2n) is 7.04. The summed E-state index contributed by atoms with van der Waals surface area (Å²) in [6.45, 7) is 2.66. The number of guanidine groups is 1. The van der Waals surface area contributed by atoms with Crippen LogP contribution in [0.5, 0.6) is 11.5 Å². The Morgan fingerprint density at radius 3 is 2.31 bits per heavy atom. The Morgan fingerprint density at radius 1 is 1.03 bits per heavy atom. The van der Waals surface area contributed by atoms with Crippen LogP contribution in [0.1, 0.15) is 35.3 Å². The van der Waals surface area contributed by atoms with Gasteiger partial charge in [-0.15, -0.1) is 0 Å². The first-order valence-electron chi connectivity index (χ1n) is 10.4. The Balaban J connectivity index is 2.05. The molecule has 1 amide bonds. The number of benzene rings is 2. The molecule has 0 unspecified atom stereocenters. The van der Waals surface area contributed by atoms with Gasteiger partial charge in [0.2, 0.25) is 0 Å². The third kappa shape index (κ3) is 7.72. The SMILES string of the molecule is CCNC(=NCc1ccc(OC(F)F)c(OCC)c1)NCc1ccc(C(=O)N(C)C)cc1. The van der Waals surface area contributed by atoms with Crippen molar-refractivity contribution in [3.05, 3.63) is 59.2 Å². The summed E-state index contributed by atoms with van der Waals surface area (Å²) in [6.07, 6.45) is 0. The largest absolute Gasteiger partial charge is 0.490 e. The van der Waals surface area contributed by atoms with Crippen LogP contribution in [0.25, 0.3) is 0 Å². The van der Waals surface area contributed by atoms with E-state index in [9.17, 15) is 13.6 Å². The summed E-state index contributed by atoms with van der Waals surface area (Å²) in [5.41, 5.74) is 2.42. The molecule has 0 spiro atoms. The van der Waals surface area contributed by atoms with Crippen molar-refractivity contribution in [2.24, 2.45) is 4.99 Å². The number of aliphatic imine (C=N–C) groups is 1. The number of nitrogens with zero attached hydrogens (tertiary/aromatic N) is 2. The third-order valence-electron chi connectivity index (χ3n) is 4.36. The van der Waals surface area contributed by atoms with Crippen molar-refractivity contribution in [2.75, 3.05) is 27.2 Å². The van der Waals surface area contributed by atoms with E-state index >= 15 is 0 Å². The fourth-order valence-electron chi connectivity index (χ4n) is 2.83. The lowest BCUT2D eigenvalue weighted by molar-refractivity contribution is -0.0514. The van der Waals surface area contributed by atoms with Gasteiger partial charge in [0.25, 0.3) is 5.91 Å². The van der Waals surface area contributed by atoms with Gasteiger partial charge in [0.05, 0.1) is 13.2 Å². The van der Waals surface area contributed by atoms with E-state index in [1.807, 2.05) is 19.1 Å². The van der Waals surface area contributed by atoms with Crippen molar-refractivity contribution in [2.45, 2.75) is 33.5 Å². The van der Waals surface area contributed by atoms with Gasteiger partial charge in [-0.2, -0.15) is 8.78 Å². The predicted molar refractivity (Wildman–Crippen MR) is 120 cm³/mol. The van der Waals surface area contributed by atoms with Gasteiger partial charge in [-0.05, 0) is 49.2 Å². The molecule has 0 aliphatic rings. The lowest BCUT2D eigenvalue weighted by Gasteiger charge is -2.14. The molecule has 2 rings (SSSR count). The maximum atomic E-state index is 12.6. The van der Waals surface area contributed by atoms with Crippen molar-refractivity contribution >= 4 is 11.9 Å². The van der Waals surface area contributed by atoms with Gasteiger partial charge in [0.1, 0.15) is 0 Å². The number of amides is 1. The van der Waals surface area contributed by atoms with Crippen LogP contribution >= 0.6 is 0 Å². The fourth-order valence-corrected chi connectivity index (χ4v) is 2.83. The molecule has 0 bridgehead atoms. The molecule has 2 N–H and O–H groups in total. The first-order valence-corrected chi connectivity index (χ1v) is 10.4. The lowest BCUT2D eigenvalue weighted by atomic mass is 10.1. The summed E-state index contributed by atoms with van der Waals surface area (Å²) in [6, 6.07) is 12.2. The highest BCUT2D eigenvalue weighted by molar-refractivity contribution is 5.93. The molecular formula is C23H30F2N4O3. The van der Waals surface area contributed by atoms with Gasteiger partial charge in [-0.1, -0.05) is 18.2 Å². The highest BCUT2D eigenvalue weighted by atomic mass is 19.3. The molecule has 0 aliphatic heterocycles. The van der Waals surface area contributed by atoms with Crippen molar-refractivity contribution in [1.29, 1.82) is 0 Å². The molecule has 0 saturated heterocycles. The number of alkyl halides is 2. The zero-order valence-electron chi connectivity index (χ0n) is 18.8. The van der Waals surface area contributed by atoms with Crippen LogP contribution in [0.3, 0.4) is 0 Å². The van der Waals surface area contributed by atoms with Crippen LogP contribution < -0.4 is 20.1 Å². The summed E-state index contributed by atoms with van der Waals surface area (Å²) in [5, 5.41) is 6.41. The number of carbonyl (C=O) groups excluding carboxylic acids is 1. The molecule has 0 saturated carbocycles. The Kier molecular flexibility index (Phi) is 9.72. The minimum Gasteiger partial charge on any atom is -0.490 e. The van der Waals surface area contributed by atoms with Crippen molar-refractivity contribution in [3.8, 4) is 11.5 Å². The number of hydrogen-bond acceptors (Lipinski definition) is 4. The summed E-state index contributed by atoms with van der Waals surface area (Å²) in [4.78, 5) is 18.1. The summed E-state index contributed by atoms with van der Waals surface area (Å²) >= 11 is 0. The van der Waals surface area contributed by atoms with Crippen LogP contribution in [0.15, 0.2) is 47.5 Å². The molecule has 2 aromatic rings. The molecule has 0 aromatic heterocycles. The highest BCUT2D eigenvalue weighted by Crippen LogP contribution is 2.30. The van der Waals surface area contributed by atoms with Crippen molar-refractivity contribution < 1.29 is 23.0 Å². The zero-order valence-corrected chi connectivity index (χ0v) is 18.8. The van der Waals surface area contributed by atoms with Crippen molar-refractivity contribution in [3.63, 3.8) is 0 Å². The van der Waals surface area contributed by atoms with E-state index in [4.69, 9.17) is 4.74 Å². The normalized spacial score (nSPS) is 11.3. The van der Waals surface area contributed by atoms with E-state index in [1.165, 1.54) is 11.0 Å². The standard InChI is InChI=1S/C23H30F2N4O3/c1-5-26-23(27-14-16-7-10-18(11-8-16)21(30)29(3)4)28-15-17-9-12-19(32-22(24)25)20(13-17)31-6-2/h7-13,22H,5-6,14-15H2,1-4H3,(H2,26,27,28). The number of hydrogen-bond donors (Lipinski definition) is 2. The number of ether oxygens (including phenoxy) is 2. The molecule has 32 heavy (non-hydrogen) atoms. The van der Waals surface area contributed by atoms with Gasteiger partial charge >= 0.3 is 6.61 Å². The van der Waals surface area contributed by atoms with Crippen molar-refractivity contribution in [1.82, 2.24) is 15.5 Å². The lowest BCUT2D eigenvalue weighted by Crippen LogP contribution is -2.36. The molecule has 174 valence electrons. The Hall–Kier alpha value is -3.36. The monoisotopic (exact) mass is 448 g/mol. The minimum absolute atomic E-state index is 0.00388. The second kappa shape index (κ2) is 12.5.